The summed E-state index contributed by atoms with van der Waals surface area (Å²) in [5.41, 5.74) is 6.63. The molecule has 1 aromatic carbocycles. The van der Waals surface area contributed by atoms with Crippen LogP contribution in [0.4, 0.5) is 0 Å². The highest BCUT2D eigenvalue weighted by atomic mass is 16.1. The molecule has 1 aliphatic rings. The minimum Gasteiger partial charge on any atom is -0.298 e. The topological polar surface area (TPSA) is 29.4 Å². The van der Waals surface area contributed by atoms with Gasteiger partial charge in [-0.05, 0) is 43.1 Å². The van der Waals surface area contributed by atoms with Gasteiger partial charge in [-0.1, -0.05) is 36.4 Å². The Kier molecular flexibility index (Phi) is 3.91. The van der Waals surface area contributed by atoms with Crippen molar-refractivity contribution in [3.05, 3.63) is 65.4 Å². The van der Waals surface area contributed by atoms with E-state index < -0.39 is 0 Å². The van der Waals surface area contributed by atoms with Gasteiger partial charge >= 0.3 is 0 Å². The third kappa shape index (κ3) is 2.79. The molecule has 0 bridgehead atoms. The molecule has 0 amide bonds. The van der Waals surface area contributed by atoms with E-state index in [1.54, 1.807) is 6.20 Å². The van der Waals surface area contributed by atoms with Crippen LogP contribution in [-0.2, 0) is 0 Å². The maximum Gasteiger partial charge on any atom is 0.150 e. The van der Waals surface area contributed by atoms with Crippen molar-refractivity contribution < 1.29 is 4.79 Å². The fourth-order valence-electron chi connectivity index (χ4n) is 2.31. The maximum atomic E-state index is 10.7. The van der Waals surface area contributed by atoms with Gasteiger partial charge in [0.05, 0.1) is 0 Å². The second-order valence-electron chi connectivity index (χ2n) is 4.68. The summed E-state index contributed by atoms with van der Waals surface area (Å²) in [5, 5.41) is 0. The average Bonchev–Trinajstić information content (AvgIpc) is 2.81. The van der Waals surface area contributed by atoms with Crippen LogP contribution in [-0.4, -0.2) is 12.0 Å². The number of hydrogen-bond donors (Lipinski definition) is 0. The van der Waals surface area contributed by atoms with E-state index in [1.165, 1.54) is 16.7 Å². The van der Waals surface area contributed by atoms with E-state index in [1.807, 2.05) is 31.2 Å². The van der Waals surface area contributed by atoms with Crippen LogP contribution in [0.15, 0.2) is 59.3 Å². The van der Waals surface area contributed by atoms with Gasteiger partial charge < -0.3 is 0 Å². The van der Waals surface area contributed by atoms with Crippen LogP contribution in [0, 0.1) is 0 Å². The van der Waals surface area contributed by atoms with Crippen molar-refractivity contribution in [3.63, 3.8) is 0 Å². The van der Waals surface area contributed by atoms with Gasteiger partial charge in [-0.2, -0.15) is 0 Å². The van der Waals surface area contributed by atoms with Crippen LogP contribution in [0.1, 0.15) is 36.2 Å². The lowest BCUT2D eigenvalue weighted by molar-refractivity contribution is 0.112. The zero-order valence-electron chi connectivity index (χ0n) is 11.3. The quantitative estimate of drug-likeness (QED) is 0.582. The Morgan fingerprint density at radius 3 is 2.58 bits per heavy atom. The zero-order chi connectivity index (χ0) is 13.8. The molecule has 0 spiro atoms. The van der Waals surface area contributed by atoms with Gasteiger partial charge in [0.25, 0.3) is 0 Å². The summed E-state index contributed by atoms with van der Waals surface area (Å²) in [5.74, 6) is 0. The fraction of sp³-hybridized carbons (Fsp3) is 0.176. The molecule has 0 aliphatic heterocycles. The highest BCUT2D eigenvalue weighted by Crippen LogP contribution is 2.32. The molecule has 0 aromatic heterocycles. The van der Waals surface area contributed by atoms with E-state index in [2.05, 4.69) is 24.6 Å². The first-order valence-electron chi connectivity index (χ1n) is 6.27. The Labute approximate surface area is 113 Å². The summed E-state index contributed by atoms with van der Waals surface area (Å²) in [6.07, 6.45) is 5.54. The molecular weight excluding hydrogens is 234 g/mol. The van der Waals surface area contributed by atoms with Crippen molar-refractivity contribution in [2.75, 3.05) is 0 Å². The Balaban J connectivity index is 2.29. The third-order valence-corrected chi connectivity index (χ3v) is 3.33. The lowest BCUT2D eigenvalue weighted by Crippen LogP contribution is -1.93. The van der Waals surface area contributed by atoms with Crippen molar-refractivity contribution in [3.8, 4) is 0 Å². The molecule has 2 rings (SSSR count). The van der Waals surface area contributed by atoms with Crippen molar-refractivity contribution in [1.82, 2.24) is 0 Å². The lowest BCUT2D eigenvalue weighted by atomic mass is 10.0. The third-order valence-electron chi connectivity index (χ3n) is 3.33. The van der Waals surface area contributed by atoms with Crippen LogP contribution in [0.25, 0.3) is 5.57 Å². The zero-order valence-corrected chi connectivity index (χ0v) is 11.3. The second-order valence-corrected chi connectivity index (χ2v) is 4.68. The highest BCUT2D eigenvalue weighted by molar-refractivity contribution is 6.05. The van der Waals surface area contributed by atoms with E-state index in [9.17, 15) is 4.79 Å². The van der Waals surface area contributed by atoms with Gasteiger partial charge in [0.15, 0.2) is 0 Å². The normalized spacial score (nSPS) is 15.5. The summed E-state index contributed by atoms with van der Waals surface area (Å²) in [4.78, 5) is 14.9. The molecule has 0 heterocycles. The molecule has 0 atom stereocenters. The Morgan fingerprint density at radius 1 is 1.32 bits per heavy atom. The minimum absolute atomic E-state index is 0.705. The van der Waals surface area contributed by atoms with Gasteiger partial charge in [0.1, 0.15) is 6.29 Å². The number of benzene rings is 1. The summed E-state index contributed by atoms with van der Waals surface area (Å²) in [7, 11) is 0. The van der Waals surface area contributed by atoms with Crippen LogP contribution >= 0.6 is 0 Å². The Hall–Kier alpha value is -2.22. The van der Waals surface area contributed by atoms with Crippen molar-refractivity contribution >= 4 is 17.6 Å². The molecule has 0 unspecified atom stereocenters. The molecule has 96 valence electrons. The molecule has 0 radical (unpaired) electrons. The van der Waals surface area contributed by atoms with Crippen molar-refractivity contribution in [2.24, 2.45) is 4.99 Å². The van der Waals surface area contributed by atoms with Crippen LogP contribution < -0.4 is 0 Å². The molecule has 0 saturated heterocycles. The molecule has 2 nitrogen and oxygen atoms in total. The van der Waals surface area contributed by atoms with Crippen LogP contribution in [0.2, 0.25) is 0 Å². The number of nitrogens with zero attached hydrogens (tertiary/aromatic N) is 1. The maximum absolute atomic E-state index is 10.7. The van der Waals surface area contributed by atoms with Crippen LogP contribution in [0.3, 0.4) is 0 Å². The van der Waals surface area contributed by atoms with Crippen molar-refractivity contribution in [1.29, 1.82) is 0 Å². The highest BCUT2D eigenvalue weighted by Gasteiger charge is 2.15. The molecule has 0 N–H and O–H groups in total. The first-order chi connectivity index (χ1) is 9.15. The standard InChI is InChI=1S/C17H17NO/c1-4-18-13(3)17-10-16(9-12(17)2)15-7-5-14(11-19)6-8-15/h4-8,10-11H,1,9H2,2-3H3. The molecule has 2 heteroatoms. The van der Waals surface area contributed by atoms with Gasteiger partial charge in [-0.3, -0.25) is 9.79 Å². The summed E-state index contributed by atoms with van der Waals surface area (Å²) < 4.78 is 0. The second kappa shape index (κ2) is 5.61. The monoisotopic (exact) mass is 251 g/mol. The number of aliphatic imine (C=N–C) groups is 1. The SMILES string of the molecule is C=CN=C(C)C1=C(C)CC(c2ccc(C=O)cc2)=C1. The number of allylic oxidation sites excluding steroid dienone is 4. The van der Waals surface area contributed by atoms with E-state index >= 15 is 0 Å². The molecular formula is C17H17NO. The van der Waals surface area contributed by atoms with Gasteiger partial charge in [0, 0.05) is 17.5 Å². The van der Waals surface area contributed by atoms with E-state index in [-0.39, 0.29) is 0 Å². The largest absolute Gasteiger partial charge is 0.298 e. The summed E-state index contributed by atoms with van der Waals surface area (Å²) in [6.45, 7) is 7.75. The Morgan fingerprint density at radius 2 is 2.00 bits per heavy atom. The number of aldehydes is 1. The lowest BCUT2D eigenvalue weighted by Gasteiger charge is -2.02. The van der Waals surface area contributed by atoms with E-state index in [4.69, 9.17) is 0 Å². The first kappa shape index (κ1) is 13.2. The first-order valence-corrected chi connectivity index (χ1v) is 6.27. The predicted octanol–water partition coefficient (Wildman–Crippen LogP) is 4.21. The molecule has 1 aliphatic carbocycles. The summed E-state index contributed by atoms with van der Waals surface area (Å²) >= 11 is 0. The Bertz CT molecular complexity index is 601. The van der Waals surface area contributed by atoms with Gasteiger partial charge in [-0.25, -0.2) is 0 Å². The molecule has 1 aromatic rings. The molecule has 0 fully saturated rings. The molecule has 0 saturated carbocycles. The molecule has 19 heavy (non-hydrogen) atoms. The number of hydrogen-bond acceptors (Lipinski definition) is 2. The average molecular weight is 251 g/mol. The van der Waals surface area contributed by atoms with Crippen molar-refractivity contribution in [2.45, 2.75) is 20.3 Å². The van der Waals surface area contributed by atoms with E-state index in [0.717, 1.165) is 24.0 Å². The minimum atomic E-state index is 0.705. The van der Waals surface area contributed by atoms with E-state index in [0.29, 0.717) is 5.56 Å². The van der Waals surface area contributed by atoms with Gasteiger partial charge in [0.2, 0.25) is 0 Å². The van der Waals surface area contributed by atoms with Crippen LogP contribution in [0.5, 0.6) is 0 Å². The van der Waals surface area contributed by atoms with Gasteiger partial charge in [-0.15, -0.1) is 0 Å². The number of rotatable bonds is 4. The smallest absolute Gasteiger partial charge is 0.150 e. The number of carbonyl (C=O) groups excluding carboxylic acids is 1. The fourth-order valence-corrected chi connectivity index (χ4v) is 2.31. The number of carbonyl (C=O) groups is 1. The summed E-state index contributed by atoms with van der Waals surface area (Å²) in [6, 6.07) is 7.68. The predicted molar refractivity (Wildman–Crippen MR) is 80.4 cm³/mol.